The van der Waals surface area contributed by atoms with Gasteiger partial charge in [0.1, 0.15) is 16.5 Å². The summed E-state index contributed by atoms with van der Waals surface area (Å²) in [5.41, 5.74) is 1.64. The number of aryl methyl sites for hydroxylation is 1. The first-order valence-electron chi connectivity index (χ1n) is 10.7. The first kappa shape index (κ1) is 21.7. The number of nitrogens with zero attached hydrogens (tertiary/aromatic N) is 3. The normalized spacial score (nSPS) is 17.7. The van der Waals surface area contributed by atoms with E-state index in [1.807, 2.05) is 49.4 Å². The zero-order valence-corrected chi connectivity index (χ0v) is 19.6. The Morgan fingerprint density at radius 1 is 1.00 bits per heavy atom. The van der Waals surface area contributed by atoms with Gasteiger partial charge >= 0.3 is 0 Å². The highest BCUT2D eigenvalue weighted by molar-refractivity contribution is 7.17. The third-order valence-electron chi connectivity index (χ3n) is 5.74. The number of carbonyl (C=O) groups excluding carboxylic acids is 2. The van der Waals surface area contributed by atoms with Crippen molar-refractivity contribution in [3.05, 3.63) is 64.1 Å². The van der Waals surface area contributed by atoms with Gasteiger partial charge in [-0.3, -0.25) is 9.59 Å². The first-order chi connectivity index (χ1) is 16.0. The molecule has 0 N–H and O–H groups in total. The number of fused-ring (bicyclic) bond motifs is 1. The molecule has 0 saturated carbocycles. The van der Waals surface area contributed by atoms with Crippen molar-refractivity contribution in [2.45, 2.75) is 13.0 Å². The van der Waals surface area contributed by atoms with Crippen molar-refractivity contribution in [2.75, 3.05) is 32.8 Å². The number of halogens is 1. The summed E-state index contributed by atoms with van der Waals surface area (Å²) < 4.78 is 11.5. The summed E-state index contributed by atoms with van der Waals surface area (Å²) in [6, 6.07) is 14.7. The molecule has 2 aliphatic heterocycles. The number of benzene rings is 2. The number of carbonyl (C=O) groups is 2. The van der Waals surface area contributed by atoms with Crippen LogP contribution in [-0.4, -0.2) is 65.5 Å². The van der Waals surface area contributed by atoms with Crippen molar-refractivity contribution < 1.29 is 19.1 Å². The summed E-state index contributed by atoms with van der Waals surface area (Å²) in [4.78, 5) is 34.8. The second-order valence-electron chi connectivity index (χ2n) is 7.92. The van der Waals surface area contributed by atoms with Gasteiger partial charge in [0.25, 0.3) is 11.8 Å². The first-order valence-corrected chi connectivity index (χ1v) is 11.9. The summed E-state index contributed by atoms with van der Waals surface area (Å²) in [6.45, 7) is 3.86. The number of ether oxygens (including phenoxy) is 2. The Bertz CT molecular complexity index is 1190. The molecule has 3 aromatic rings. The molecule has 2 amide bonds. The minimum absolute atomic E-state index is 0.0523. The predicted molar refractivity (Wildman–Crippen MR) is 126 cm³/mol. The maximum Gasteiger partial charge on any atom is 0.267 e. The van der Waals surface area contributed by atoms with E-state index in [-0.39, 0.29) is 18.4 Å². The molecule has 1 atom stereocenters. The molecule has 0 bridgehead atoms. The predicted octanol–water partition coefficient (Wildman–Crippen LogP) is 3.90. The lowest BCUT2D eigenvalue weighted by Gasteiger charge is -2.37. The quantitative estimate of drug-likeness (QED) is 0.565. The van der Waals surface area contributed by atoms with Crippen molar-refractivity contribution in [1.29, 1.82) is 0 Å². The molecule has 5 rings (SSSR count). The minimum atomic E-state index is -0.673. The molecule has 0 radical (unpaired) electrons. The van der Waals surface area contributed by atoms with Crippen LogP contribution in [0.15, 0.2) is 48.5 Å². The molecule has 1 fully saturated rings. The van der Waals surface area contributed by atoms with Gasteiger partial charge in [0, 0.05) is 36.8 Å². The zero-order chi connectivity index (χ0) is 22.9. The van der Waals surface area contributed by atoms with Gasteiger partial charge in [0.15, 0.2) is 11.5 Å². The van der Waals surface area contributed by atoms with Crippen LogP contribution in [0.2, 0.25) is 5.02 Å². The maximum atomic E-state index is 13.2. The van der Waals surface area contributed by atoms with Crippen LogP contribution < -0.4 is 9.47 Å². The summed E-state index contributed by atoms with van der Waals surface area (Å²) in [5, 5.41) is 1.45. The van der Waals surface area contributed by atoms with E-state index in [2.05, 4.69) is 4.98 Å². The summed E-state index contributed by atoms with van der Waals surface area (Å²) in [7, 11) is 0. The Hall–Kier alpha value is -3.10. The van der Waals surface area contributed by atoms with Crippen molar-refractivity contribution >= 4 is 34.8 Å². The number of aromatic nitrogens is 1. The SMILES string of the molecule is Cc1nc(-c2ccc(Cl)cc2)sc1C(=O)N1CCN(C(=O)C2COc3ccccc3O2)CC1. The van der Waals surface area contributed by atoms with Gasteiger partial charge in [-0.1, -0.05) is 35.9 Å². The Kier molecular flexibility index (Phi) is 5.95. The highest BCUT2D eigenvalue weighted by atomic mass is 35.5. The standard InChI is InChI=1S/C24H22ClN3O4S/c1-15-21(33-22(26-15)16-6-8-17(25)9-7-16)24(30)28-12-10-27(11-13-28)23(29)20-14-31-18-4-2-3-5-19(18)32-20/h2-9,20H,10-14H2,1H3. The third kappa shape index (κ3) is 4.41. The molecule has 2 aromatic carbocycles. The number of hydrogen-bond donors (Lipinski definition) is 0. The fourth-order valence-corrected chi connectivity index (χ4v) is 5.09. The second kappa shape index (κ2) is 9.03. The fourth-order valence-electron chi connectivity index (χ4n) is 3.93. The molecule has 0 aliphatic carbocycles. The van der Waals surface area contributed by atoms with E-state index >= 15 is 0 Å². The third-order valence-corrected chi connectivity index (χ3v) is 7.19. The van der Waals surface area contributed by atoms with E-state index in [4.69, 9.17) is 21.1 Å². The fraction of sp³-hybridized carbons (Fsp3) is 0.292. The Morgan fingerprint density at radius 2 is 1.67 bits per heavy atom. The average Bonchev–Trinajstić information content (AvgIpc) is 3.24. The van der Waals surface area contributed by atoms with E-state index in [0.29, 0.717) is 53.3 Å². The second-order valence-corrected chi connectivity index (χ2v) is 9.36. The lowest BCUT2D eigenvalue weighted by atomic mass is 10.2. The lowest BCUT2D eigenvalue weighted by molar-refractivity contribution is -0.142. The molecule has 3 heterocycles. The molecule has 33 heavy (non-hydrogen) atoms. The average molecular weight is 484 g/mol. The van der Waals surface area contributed by atoms with Crippen LogP contribution in [0.25, 0.3) is 10.6 Å². The van der Waals surface area contributed by atoms with Crippen molar-refractivity contribution in [3.8, 4) is 22.1 Å². The van der Waals surface area contributed by atoms with Gasteiger partial charge in [-0.25, -0.2) is 4.98 Å². The molecule has 9 heteroatoms. The summed E-state index contributed by atoms with van der Waals surface area (Å²) in [5.74, 6) is 1.06. The maximum absolute atomic E-state index is 13.2. The molecule has 7 nitrogen and oxygen atoms in total. The van der Waals surface area contributed by atoms with E-state index in [1.54, 1.807) is 15.9 Å². The van der Waals surface area contributed by atoms with Crippen LogP contribution in [0.1, 0.15) is 15.4 Å². The Labute approximate surface area is 200 Å². The number of amides is 2. The molecule has 170 valence electrons. The molecule has 1 aromatic heterocycles. The van der Waals surface area contributed by atoms with Gasteiger partial charge in [-0.15, -0.1) is 11.3 Å². The van der Waals surface area contributed by atoms with E-state index in [1.165, 1.54) is 11.3 Å². The van der Waals surface area contributed by atoms with Crippen LogP contribution in [0, 0.1) is 6.92 Å². The molecule has 1 saturated heterocycles. The van der Waals surface area contributed by atoms with Crippen molar-refractivity contribution in [3.63, 3.8) is 0 Å². The summed E-state index contributed by atoms with van der Waals surface area (Å²) in [6.07, 6.45) is -0.673. The minimum Gasteiger partial charge on any atom is -0.485 e. The number of hydrogen-bond acceptors (Lipinski definition) is 6. The molecule has 1 unspecified atom stereocenters. The van der Waals surface area contributed by atoms with Gasteiger partial charge in [0.2, 0.25) is 6.10 Å². The number of para-hydroxylation sites is 2. The van der Waals surface area contributed by atoms with Crippen LogP contribution in [0.5, 0.6) is 11.5 Å². The van der Waals surface area contributed by atoms with Crippen LogP contribution in [0.3, 0.4) is 0 Å². The Morgan fingerprint density at radius 3 is 2.39 bits per heavy atom. The highest BCUT2D eigenvalue weighted by Crippen LogP contribution is 2.32. The van der Waals surface area contributed by atoms with Crippen molar-refractivity contribution in [1.82, 2.24) is 14.8 Å². The number of thiazole rings is 1. The molecular formula is C24H22ClN3O4S. The molecule has 2 aliphatic rings. The van der Waals surface area contributed by atoms with E-state index in [9.17, 15) is 9.59 Å². The van der Waals surface area contributed by atoms with Crippen molar-refractivity contribution in [2.24, 2.45) is 0 Å². The molecule has 0 spiro atoms. The van der Waals surface area contributed by atoms with Crippen LogP contribution in [-0.2, 0) is 4.79 Å². The topological polar surface area (TPSA) is 72.0 Å². The van der Waals surface area contributed by atoms with Crippen LogP contribution >= 0.6 is 22.9 Å². The van der Waals surface area contributed by atoms with Gasteiger partial charge in [-0.2, -0.15) is 0 Å². The lowest BCUT2D eigenvalue weighted by Crippen LogP contribution is -2.55. The smallest absolute Gasteiger partial charge is 0.267 e. The zero-order valence-electron chi connectivity index (χ0n) is 18.0. The largest absolute Gasteiger partial charge is 0.485 e. The number of piperazine rings is 1. The Balaban J connectivity index is 1.21. The van der Waals surface area contributed by atoms with E-state index in [0.717, 1.165) is 10.6 Å². The van der Waals surface area contributed by atoms with E-state index < -0.39 is 6.10 Å². The van der Waals surface area contributed by atoms with Gasteiger partial charge in [0.05, 0.1) is 5.69 Å². The molecular weight excluding hydrogens is 462 g/mol. The van der Waals surface area contributed by atoms with Gasteiger partial charge in [-0.05, 0) is 31.2 Å². The number of rotatable bonds is 3. The highest BCUT2D eigenvalue weighted by Gasteiger charge is 2.34. The van der Waals surface area contributed by atoms with Gasteiger partial charge < -0.3 is 19.3 Å². The summed E-state index contributed by atoms with van der Waals surface area (Å²) >= 11 is 7.35. The monoisotopic (exact) mass is 483 g/mol. The van der Waals surface area contributed by atoms with Crippen LogP contribution in [0.4, 0.5) is 0 Å².